The number of hydrogen-bond donors (Lipinski definition) is 2. The molecule has 2 aromatic heterocycles. The lowest BCUT2D eigenvalue weighted by molar-refractivity contribution is -0.144. The standard InChI is InChI=1S/C9H8N4O4/c14-8(16-6-1-3-10-12-6)5-9(15)17-7-2-4-11-13-7/h1-4H,5H2,(H,10,12)(H,11,13). The van der Waals surface area contributed by atoms with Crippen LogP contribution in [0.4, 0.5) is 0 Å². The van der Waals surface area contributed by atoms with Gasteiger partial charge < -0.3 is 9.47 Å². The van der Waals surface area contributed by atoms with Crippen molar-refractivity contribution in [3.63, 3.8) is 0 Å². The summed E-state index contributed by atoms with van der Waals surface area (Å²) in [6.07, 6.45) is 2.34. The molecule has 0 amide bonds. The third-order valence-corrected chi connectivity index (χ3v) is 1.69. The molecule has 0 spiro atoms. The van der Waals surface area contributed by atoms with Crippen LogP contribution in [0.15, 0.2) is 24.5 Å². The van der Waals surface area contributed by atoms with Gasteiger partial charge in [-0.1, -0.05) is 0 Å². The van der Waals surface area contributed by atoms with Crippen molar-refractivity contribution >= 4 is 11.9 Å². The first-order chi connectivity index (χ1) is 8.24. The summed E-state index contributed by atoms with van der Waals surface area (Å²) in [7, 11) is 0. The number of hydrogen-bond acceptors (Lipinski definition) is 6. The smallest absolute Gasteiger partial charge is 0.323 e. The summed E-state index contributed by atoms with van der Waals surface area (Å²) >= 11 is 0. The van der Waals surface area contributed by atoms with E-state index in [-0.39, 0.29) is 11.8 Å². The number of aromatic amines is 2. The van der Waals surface area contributed by atoms with E-state index in [2.05, 4.69) is 20.4 Å². The molecule has 0 unspecified atom stereocenters. The number of carbonyl (C=O) groups excluding carboxylic acids is 2. The highest BCUT2D eigenvalue weighted by atomic mass is 16.6. The van der Waals surface area contributed by atoms with Gasteiger partial charge in [0.05, 0.1) is 12.4 Å². The van der Waals surface area contributed by atoms with Gasteiger partial charge in [0.2, 0.25) is 11.8 Å². The zero-order chi connectivity index (χ0) is 12.1. The number of H-pyrrole nitrogens is 2. The lowest BCUT2D eigenvalue weighted by Gasteiger charge is -2.01. The highest BCUT2D eigenvalue weighted by Gasteiger charge is 2.14. The van der Waals surface area contributed by atoms with Crippen molar-refractivity contribution in [2.45, 2.75) is 6.42 Å². The predicted octanol–water partition coefficient (Wildman–Crippen LogP) is 0.0339. The predicted molar refractivity (Wildman–Crippen MR) is 53.1 cm³/mol. The van der Waals surface area contributed by atoms with Crippen LogP contribution in [0.1, 0.15) is 6.42 Å². The normalized spacial score (nSPS) is 9.88. The number of esters is 2. The molecule has 2 rings (SSSR count). The molecule has 0 fully saturated rings. The maximum atomic E-state index is 11.3. The molecule has 8 heteroatoms. The second-order valence-corrected chi connectivity index (χ2v) is 2.97. The second kappa shape index (κ2) is 4.92. The minimum absolute atomic E-state index is 0.171. The molecule has 0 saturated carbocycles. The average Bonchev–Trinajstić information content (AvgIpc) is 2.90. The molecule has 0 aromatic carbocycles. The van der Waals surface area contributed by atoms with Gasteiger partial charge >= 0.3 is 11.9 Å². The van der Waals surface area contributed by atoms with Gasteiger partial charge in [0.1, 0.15) is 6.42 Å². The third-order valence-electron chi connectivity index (χ3n) is 1.69. The van der Waals surface area contributed by atoms with E-state index in [9.17, 15) is 9.59 Å². The molecule has 0 aliphatic heterocycles. The molecule has 2 N–H and O–H groups in total. The van der Waals surface area contributed by atoms with Gasteiger partial charge in [-0.05, 0) is 0 Å². The molecule has 2 heterocycles. The highest BCUT2D eigenvalue weighted by molar-refractivity contribution is 5.92. The van der Waals surface area contributed by atoms with Crippen molar-refractivity contribution in [1.29, 1.82) is 0 Å². The topological polar surface area (TPSA) is 110 Å². The lowest BCUT2D eigenvalue weighted by atomic mass is 10.4. The van der Waals surface area contributed by atoms with Gasteiger partial charge in [-0.15, -0.1) is 0 Å². The van der Waals surface area contributed by atoms with Crippen LogP contribution in [-0.4, -0.2) is 32.3 Å². The first-order valence-electron chi connectivity index (χ1n) is 4.64. The van der Waals surface area contributed by atoms with E-state index in [4.69, 9.17) is 9.47 Å². The monoisotopic (exact) mass is 236 g/mol. The fourth-order valence-electron chi connectivity index (χ4n) is 1.04. The summed E-state index contributed by atoms with van der Waals surface area (Å²) in [4.78, 5) is 22.5. The molecule has 8 nitrogen and oxygen atoms in total. The van der Waals surface area contributed by atoms with Gasteiger partial charge in [0.15, 0.2) is 0 Å². The van der Waals surface area contributed by atoms with E-state index in [1.807, 2.05) is 0 Å². The van der Waals surface area contributed by atoms with Crippen LogP contribution in [-0.2, 0) is 9.59 Å². The molecule has 0 saturated heterocycles. The Morgan fingerprint density at radius 1 is 1.00 bits per heavy atom. The van der Waals surface area contributed by atoms with Gasteiger partial charge in [-0.3, -0.25) is 9.59 Å². The molecule has 88 valence electrons. The number of rotatable bonds is 4. The van der Waals surface area contributed by atoms with Crippen LogP contribution in [0.25, 0.3) is 0 Å². The maximum Gasteiger partial charge on any atom is 0.323 e. The fourth-order valence-corrected chi connectivity index (χ4v) is 1.04. The Balaban J connectivity index is 1.80. The minimum Gasteiger partial charge on any atom is -0.408 e. The zero-order valence-electron chi connectivity index (χ0n) is 8.54. The van der Waals surface area contributed by atoms with Crippen LogP contribution in [0, 0.1) is 0 Å². The van der Waals surface area contributed by atoms with E-state index in [0.29, 0.717) is 0 Å². The van der Waals surface area contributed by atoms with E-state index in [1.165, 1.54) is 24.5 Å². The Bertz CT molecular complexity index is 445. The quantitative estimate of drug-likeness (QED) is 0.572. The van der Waals surface area contributed by atoms with E-state index in [1.54, 1.807) is 0 Å². The summed E-state index contributed by atoms with van der Waals surface area (Å²) in [5, 5.41) is 12.0. The van der Waals surface area contributed by atoms with Crippen LogP contribution >= 0.6 is 0 Å². The number of carbonyl (C=O) groups is 2. The summed E-state index contributed by atoms with van der Waals surface area (Å²) in [5.74, 6) is -1.13. The number of ether oxygens (including phenoxy) is 2. The molecule has 2 aromatic rings. The summed E-state index contributed by atoms with van der Waals surface area (Å²) < 4.78 is 9.52. The maximum absolute atomic E-state index is 11.3. The highest BCUT2D eigenvalue weighted by Crippen LogP contribution is 2.06. The van der Waals surface area contributed by atoms with Gasteiger partial charge in [0.25, 0.3) is 0 Å². The van der Waals surface area contributed by atoms with Gasteiger partial charge in [-0.25, -0.2) is 10.2 Å². The molecule has 0 bridgehead atoms. The van der Waals surface area contributed by atoms with Crippen LogP contribution in [0.2, 0.25) is 0 Å². The van der Waals surface area contributed by atoms with Gasteiger partial charge in [0, 0.05) is 12.1 Å². The van der Waals surface area contributed by atoms with E-state index >= 15 is 0 Å². The first-order valence-corrected chi connectivity index (χ1v) is 4.64. The molecule has 0 atom stereocenters. The Kier molecular flexibility index (Phi) is 3.15. The van der Waals surface area contributed by atoms with Crippen molar-refractivity contribution in [3.05, 3.63) is 24.5 Å². The van der Waals surface area contributed by atoms with E-state index in [0.717, 1.165) is 0 Å². The Hall–Kier alpha value is -2.64. The largest absolute Gasteiger partial charge is 0.408 e. The zero-order valence-corrected chi connectivity index (χ0v) is 8.54. The molecule has 0 aliphatic rings. The molecule has 0 radical (unpaired) electrons. The average molecular weight is 236 g/mol. The van der Waals surface area contributed by atoms with Crippen LogP contribution in [0.5, 0.6) is 11.8 Å². The van der Waals surface area contributed by atoms with Crippen molar-refractivity contribution in [2.24, 2.45) is 0 Å². The Labute approximate surface area is 94.9 Å². The number of aromatic nitrogens is 4. The number of nitrogens with one attached hydrogen (secondary N) is 2. The van der Waals surface area contributed by atoms with Crippen molar-refractivity contribution in [2.75, 3.05) is 0 Å². The van der Waals surface area contributed by atoms with Crippen molar-refractivity contribution < 1.29 is 19.1 Å². The molecular formula is C9H8N4O4. The lowest BCUT2D eigenvalue weighted by Crippen LogP contribution is -2.18. The summed E-state index contributed by atoms with van der Waals surface area (Å²) in [6.45, 7) is 0. The van der Waals surface area contributed by atoms with Crippen molar-refractivity contribution in [3.8, 4) is 11.8 Å². The van der Waals surface area contributed by atoms with Gasteiger partial charge in [-0.2, -0.15) is 10.2 Å². The molecule has 0 aliphatic carbocycles. The second-order valence-electron chi connectivity index (χ2n) is 2.97. The summed E-state index contributed by atoms with van der Waals surface area (Å²) in [5.41, 5.74) is 0. The molecular weight excluding hydrogens is 228 g/mol. The Morgan fingerprint density at radius 2 is 1.47 bits per heavy atom. The molecule has 17 heavy (non-hydrogen) atoms. The van der Waals surface area contributed by atoms with E-state index < -0.39 is 18.4 Å². The van der Waals surface area contributed by atoms with Crippen LogP contribution in [0.3, 0.4) is 0 Å². The SMILES string of the molecule is O=C(CC(=O)Oc1ccn[nH]1)Oc1ccn[nH]1. The van der Waals surface area contributed by atoms with Crippen molar-refractivity contribution in [1.82, 2.24) is 20.4 Å². The Morgan fingerprint density at radius 3 is 1.82 bits per heavy atom. The number of nitrogens with zero attached hydrogens (tertiary/aromatic N) is 2. The third kappa shape index (κ3) is 3.16. The van der Waals surface area contributed by atoms with Crippen LogP contribution < -0.4 is 9.47 Å². The fraction of sp³-hybridized carbons (Fsp3) is 0.111. The summed E-state index contributed by atoms with van der Waals surface area (Å²) in [6, 6.07) is 2.91. The minimum atomic E-state index is -0.737. The first kappa shape index (κ1) is 10.9.